The van der Waals surface area contributed by atoms with E-state index in [1.54, 1.807) is 0 Å². The number of unbranched alkanes of at least 4 members (excludes halogenated alkanes) is 6. The SMILES string of the molecule is CCCCCCOc1ccc(C=O)c(C)c1OCCCCCC. The minimum absolute atomic E-state index is 0.673. The maximum absolute atomic E-state index is 11.1. The summed E-state index contributed by atoms with van der Waals surface area (Å²) in [5.74, 6) is 1.50. The number of rotatable bonds is 13. The summed E-state index contributed by atoms with van der Waals surface area (Å²) in [6, 6.07) is 3.67. The van der Waals surface area contributed by atoms with Crippen LogP contribution in [0.1, 0.15) is 81.1 Å². The molecule has 0 atom stereocenters. The molecule has 0 saturated heterocycles. The molecule has 0 amide bonds. The molecule has 0 aromatic heterocycles. The highest BCUT2D eigenvalue weighted by Crippen LogP contribution is 2.33. The third-order valence-electron chi connectivity index (χ3n) is 4.04. The molecule has 0 bridgehead atoms. The zero-order chi connectivity index (χ0) is 16.9. The molecule has 0 aliphatic rings. The van der Waals surface area contributed by atoms with Crippen molar-refractivity contribution in [3.8, 4) is 11.5 Å². The zero-order valence-electron chi connectivity index (χ0n) is 15.0. The van der Waals surface area contributed by atoms with Gasteiger partial charge >= 0.3 is 0 Å². The van der Waals surface area contributed by atoms with Crippen LogP contribution in [0.5, 0.6) is 11.5 Å². The van der Waals surface area contributed by atoms with Gasteiger partial charge in [0.25, 0.3) is 0 Å². The van der Waals surface area contributed by atoms with E-state index in [-0.39, 0.29) is 0 Å². The standard InChI is InChI=1S/C20H32O3/c1-4-6-8-10-14-22-19-13-12-18(16-21)17(3)20(19)23-15-11-9-7-5-2/h12-13,16H,4-11,14-15H2,1-3H3. The van der Waals surface area contributed by atoms with Crippen molar-refractivity contribution in [3.63, 3.8) is 0 Å². The fourth-order valence-corrected chi connectivity index (χ4v) is 2.52. The fraction of sp³-hybridized carbons (Fsp3) is 0.650. The van der Waals surface area contributed by atoms with Crippen molar-refractivity contribution in [1.82, 2.24) is 0 Å². The average molecular weight is 320 g/mol. The Balaban J connectivity index is 2.63. The quantitative estimate of drug-likeness (QED) is 0.344. The smallest absolute Gasteiger partial charge is 0.164 e. The molecular formula is C20H32O3. The Morgan fingerprint density at radius 1 is 0.870 bits per heavy atom. The van der Waals surface area contributed by atoms with E-state index in [0.29, 0.717) is 18.8 Å². The molecule has 1 aromatic carbocycles. The minimum Gasteiger partial charge on any atom is -0.490 e. The highest BCUT2D eigenvalue weighted by atomic mass is 16.5. The summed E-state index contributed by atoms with van der Waals surface area (Å²) in [6.07, 6.45) is 10.2. The molecule has 0 heterocycles. The number of carbonyl (C=O) groups excluding carboxylic acids is 1. The second-order valence-electron chi connectivity index (χ2n) is 6.04. The van der Waals surface area contributed by atoms with E-state index in [1.807, 2.05) is 19.1 Å². The molecule has 0 aliphatic heterocycles. The molecule has 0 N–H and O–H groups in total. The van der Waals surface area contributed by atoms with E-state index in [0.717, 1.165) is 36.2 Å². The van der Waals surface area contributed by atoms with Crippen LogP contribution < -0.4 is 9.47 Å². The Bertz CT molecular complexity index is 454. The van der Waals surface area contributed by atoms with Gasteiger partial charge in [0, 0.05) is 11.1 Å². The van der Waals surface area contributed by atoms with E-state index in [4.69, 9.17) is 9.47 Å². The van der Waals surface area contributed by atoms with E-state index in [1.165, 1.54) is 38.5 Å². The predicted octanol–water partition coefficient (Wildman–Crippen LogP) is 5.73. The summed E-state index contributed by atoms with van der Waals surface area (Å²) < 4.78 is 11.9. The summed E-state index contributed by atoms with van der Waals surface area (Å²) in [4.78, 5) is 11.1. The van der Waals surface area contributed by atoms with E-state index >= 15 is 0 Å². The van der Waals surface area contributed by atoms with Crippen molar-refractivity contribution < 1.29 is 14.3 Å². The Morgan fingerprint density at radius 3 is 2.04 bits per heavy atom. The van der Waals surface area contributed by atoms with Gasteiger partial charge in [-0.2, -0.15) is 0 Å². The van der Waals surface area contributed by atoms with Gasteiger partial charge in [-0.15, -0.1) is 0 Å². The summed E-state index contributed by atoms with van der Waals surface area (Å²) in [6.45, 7) is 7.70. The Labute approximate surface area is 141 Å². The Kier molecular flexibility index (Phi) is 10.2. The molecule has 3 heteroatoms. The van der Waals surface area contributed by atoms with Crippen LogP contribution in [-0.2, 0) is 0 Å². The Morgan fingerprint density at radius 2 is 1.48 bits per heavy atom. The lowest BCUT2D eigenvalue weighted by Gasteiger charge is -2.16. The molecule has 1 aromatic rings. The zero-order valence-corrected chi connectivity index (χ0v) is 15.0. The normalized spacial score (nSPS) is 10.6. The summed E-state index contributed by atoms with van der Waals surface area (Å²) in [7, 11) is 0. The molecule has 0 spiro atoms. The molecule has 0 unspecified atom stereocenters. The van der Waals surface area contributed by atoms with Crippen LogP contribution in [-0.4, -0.2) is 19.5 Å². The first-order valence-corrected chi connectivity index (χ1v) is 9.08. The monoisotopic (exact) mass is 320 g/mol. The van der Waals surface area contributed by atoms with Crippen molar-refractivity contribution >= 4 is 6.29 Å². The summed E-state index contributed by atoms with van der Waals surface area (Å²) >= 11 is 0. The lowest BCUT2D eigenvalue weighted by Crippen LogP contribution is -2.05. The number of ether oxygens (including phenoxy) is 2. The van der Waals surface area contributed by atoms with E-state index < -0.39 is 0 Å². The van der Waals surface area contributed by atoms with Gasteiger partial charge < -0.3 is 9.47 Å². The van der Waals surface area contributed by atoms with Crippen LogP contribution >= 0.6 is 0 Å². The first-order chi connectivity index (χ1) is 11.2. The molecule has 130 valence electrons. The van der Waals surface area contributed by atoms with Crippen LogP contribution in [0.15, 0.2) is 12.1 Å². The van der Waals surface area contributed by atoms with Crippen molar-refractivity contribution in [3.05, 3.63) is 23.3 Å². The fourth-order valence-electron chi connectivity index (χ4n) is 2.52. The predicted molar refractivity (Wildman–Crippen MR) is 95.8 cm³/mol. The van der Waals surface area contributed by atoms with E-state index in [9.17, 15) is 4.79 Å². The van der Waals surface area contributed by atoms with Gasteiger partial charge in [0.1, 0.15) is 6.29 Å². The highest BCUT2D eigenvalue weighted by molar-refractivity contribution is 5.79. The lowest BCUT2D eigenvalue weighted by atomic mass is 10.1. The maximum Gasteiger partial charge on any atom is 0.164 e. The second kappa shape index (κ2) is 12.0. The highest BCUT2D eigenvalue weighted by Gasteiger charge is 2.12. The van der Waals surface area contributed by atoms with Crippen LogP contribution in [0, 0.1) is 6.92 Å². The van der Waals surface area contributed by atoms with Crippen molar-refractivity contribution in [2.24, 2.45) is 0 Å². The maximum atomic E-state index is 11.1. The van der Waals surface area contributed by atoms with Crippen molar-refractivity contribution in [2.45, 2.75) is 72.1 Å². The number of carbonyl (C=O) groups is 1. The van der Waals surface area contributed by atoms with Crippen LogP contribution in [0.4, 0.5) is 0 Å². The molecular weight excluding hydrogens is 288 g/mol. The first-order valence-electron chi connectivity index (χ1n) is 9.08. The molecule has 0 radical (unpaired) electrons. The van der Waals surface area contributed by atoms with Crippen LogP contribution in [0.2, 0.25) is 0 Å². The molecule has 3 nitrogen and oxygen atoms in total. The third kappa shape index (κ3) is 7.06. The number of benzene rings is 1. The largest absolute Gasteiger partial charge is 0.490 e. The first kappa shape index (κ1) is 19.5. The van der Waals surface area contributed by atoms with Crippen molar-refractivity contribution in [1.29, 1.82) is 0 Å². The average Bonchev–Trinajstić information content (AvgIpc) is 2.56. The van der Waals surface area contributed by atoms with Gasteiger partial charge in [0.05, 0.1) is 13.2 Å². The molecule has 0 saturated carbocycles. The third-order valence-corrected chi connectivity index (χ3v) is 4.04. The summed E-state index contributed by atoms with van der Waals surface area (Å²) in [5, 5.41) is 0. The van der Waals surface area contributed by atoms with E-state index in [2.05, 4.69) is 13.8 Å². The van der Waals surface area contributed by atoms with Gasteiger partial charge in [-0.3, -0.25) is 4.79 Å². The number of hydrogen-bond donors (Lipinski definition) is 0. The molecule has 23 heavy (non-hydrogen) atoms. The van der Waals surface area contributed by atoms with Gasteiger partial charge in [0.15, 0.2) is 11.5 Å². The van der Waals surface area contributed by atoms with Gasteiger partial charge in [0.2, 0.25) is 0 Å². The Hall–Kier alpha value is -1.51. The molecule has 0 aliphatic carbocycles. The lowest BCUT2D eigenvalue weighted by molar-refractivity contribution is 0.112. The topological polar surface area (TPSA) is 35.5 Å². The second-order valence-corrected chi connectivity index (χ2v) is 6.04. The molecule has 0 fully saturated rings. The van der Waals surface area contributed by atoms with Gasteiger partial charge in [-0.05, 0) is 31.9 Å². The van der Waals surface area contributed by atoms with Gasteiger partial charge in [-0.25, -0.2) is 0 Å². The van der Waals surface area contributed by atoms with Crippen molar-refractivity contribution in [2.75, 3.05) is 13.2 Å². The number of hydrogen-bond acceptors (Lipinski definition) is 3. The van der Waals surface area contributed by atoms with Gasteiger partial charge in [-0.1, -0.05) is 52.4 Å². The molecule has 1 rings (SSSR count). The van der Waals surface area contributed by atoms with Crippen LogP contribution in [0.25, 0.3) is 0 Å². The summed E-state index contributed by atoms with van der Waals surface area (Å²) in [5.41, 5.74) is 1.55. The minimum atomic E-state index is 0.673. The number of aldehydes is 1. The van der Waals surface area contributed by atoms with Crippen LogP contribution in [0.3, 0.4) is 0 Å².